The number of piperidine rings is 1. The lowest BCUT2D eigenvalue weighted by molar-refractivity contribution is -0.383. The van der Waals surface area contributed by atoms with Gasteiger partial charge in [0.1, 0.15) is 29.5 Å². The van der Waals surface area contributed by atoms with Crippen molar-refractivity contribution in [3.8, 4) is 0 Å². The zero-order valence-corrected chi connectivity index (χ0v) is 27.3. The van der Waals surface area contributed by atoms with Gasteiger partial charge in [0.15, 0.2) is 5.54 Å². The number of amides is 2. The summed E-state index contributed by atoms with van der Waals surface area (Å²) < 4.78 is 0. The van der Waals surface area contributed by atoms with Crippen LogP contribution in [0.5, 0.6) is 0 Å². The number of carboxylic acids is 1. The minimum absolute atomic E-state index is 0.0484. The number of anilines is 4. The molecule has 1 saturated heterocycles. The highest BCUT2D eigenvalue weighted by atomic mass is 16.6. The van der Waals surface area contributed by atoms with Crippen LogP contribution in [0.15, 0.2) is 42.7 Å². The molecular weight excluding hydrogens is 602 g/mol. The van der Waals surface area contributed by atoms with Crippen molar-refractivity contribution < 1.29 is 19.6 Å². The van der Waals surface area contributed by atoms with Crippen LogP contribution in [0.2, 0.25) is 0 Å². The number of aliphatic carboxylic acids is 1. The fraction of sp³-hybridized carbons (Fsp3) is 0.485. The van der Waals surface area contributed by atoms with Crippen molar-refractivity contribution in [2.45, 2.75) is 71.3 Å². The predicted molar refractivity (Wildman–Crippen MR) is 180 cm³/mol. The summed E-state index contributed by atoms with van der Waals surface area (Å²) in [6.07, 6.45) is 6.09. The molecule has 5 rings (SSSR count). The van der Waals surface area contributed by atoms with Gasteiger partial charge in [0, 0.05) is 42.9 Å². The summed E-state index contributed by atoms with van der Waals surface area (Å²) in [5, 5.41) is 33.7. The smallest absolute Gasteiger partial charge is 0.331 e. The van der Waals surface area contributed by atoms with Crippen molar-refractivity contribution >= 4 is 40.8 Å². The molecule has 1 aromatic carbocycles. The molecule has 0 spiro atoms. The Morgan fingerprint density at radius 2 is 1.87 bits per heavy atom. The number of urea groups is 1. The Bertz CT molecular complexity index is 1630. The second kappa shape index (κ2) is 13.8. The lowest BCUT2D eigenvalue weighted by atomic mass is 9.73. The highest BCUT2D eigenvalue weighted by Gasteiger charge is 2.50. The van der Waals surface area contributed by atoms with Gasteiger partial charge in [-0.15, -0.1) is 0 Å². The number of fused-ring (bicyclic) bond motifs is 1. The molecule has 2 aliphatic heterocycles. The lowest BCUT2D eigenvalue weighted by Crippen LogP contribution is -2.66. The highest BCUT2D eigenvalue weighted by molar-refractivity contribution is 5.96. The third-order valence-electron chi connectivity index (χ3n) is 9.25. The topological polar surface area (TPSA) is 188 Å². The van der Waals surface area contributed by atoms with Gasteiger partial charge in [-0.05, 0) is 55.2 Å². The summed E-state index contributed by atoms with van der Waals surface area (Å²) in [4.78, 5) is 53.2. The number of hydrogen-bond acceptors (Lipinski definition) is 10. The van der Waals surface area contributed by atoms with Crippen molar-refractivity contribution in [3.05, 3.63) is 69.7 Å². The number of nitro benzene ring substituents is 1. The third-order valence-corrected chi connectivity index (χ3v) is 9.25. The van der Waals surface area contributed by atoms with E-state index in [4.69, 9.17) is 4.98 Å². The molecule has 1 atom stereocenters. The van der Waals surface area contributed by atoms with Crippen LogP contribution in [0.4, 0.5) is 33.6 Å². The molecule has 14 heteroatoms. The van der Waals surface area contributed by atoms with Crippen LogP contribution in [0.3, 0.4) is 0 Å². The average Bonchev–Trinajstić information content (AvgIpc) is 3.05. The van der Waals surface area contributed by atoms with E-state index >= 15 is 0 Å². The van der Waals surface area contributed by atoms with E-state index < -0.39 is 27.9 Å². The number of hydrogen-bond donors (Lipinski definition) is 5. The first-order valence-electron chi connectivity index (χ1n) is 16.1. The standard InChI is InChI=1S/C33H43N9O5/c1-5-23-28(35-19-33(30(43)44,32(2,3)4)40-31(45)39-25-10-6-7-11-26(25)42(46)47)36-20-37-29(23)41-17-14-21(15-18-41)24-13-12-22-9-8-16-34-27(22)38-24/h6-7,10-13,20-21H,5,8-9,14-19H2,1-4H3,(H,34,38)(H,43,44)(H,35,36,37)(H2,39,40,45). The molecule has 1 unspecified atom stereocenters. The largest absolute Gasteiger partial charge is 0.479 e. The molecular formula is C33H43N9O5. The van der Waals surface area contributed by atoms with E-state index in [-0.39, 0.29) is 17.9 Å². The van der Waals surface area contributed by atoms with Crippen LogP contribution in [-0.4, -0.2) is 68.7 Å². The van der Waals surface area contributed by atoms with E-state index in [0.29, 0.717) is 18.2 Å². The fourth-order valence-electron chi connectivity index (χ4n) is 6.36. The maximum Gasteiger partial charge on any atom is 0.331 e. The Kier molecular flexibility index (Phi) is 9.77. The fourth-order valence-corrected chi connectivity index (χ4v) is 6.36. The number of rotatable bonds is 10. The summed E-state index contributed by atoms with van der Waals surface area (Å²) in [6, 6.07) is 9.15. The van der Waals surface area contributed by atoms with E-state index in [2.05, 4.69) is 48.3 Å². The van der Waals surface area contributed by atoms with Gasteiger partial charge in [-0.25, -0.2) is 24.5 Å². The number of benzene rings is 1. The number of aryl methyl sites for hydroxylation is 1. The molecule has 0 saturated carbocycles. The first-order chi connectivity index (χ1) is 22.4. The Morgan fingerprint density at radius 1 is 1.13 bits per heavy atom. The zero-order valence-electron chi connectivity index (χ0n) is 27.3. The SMILES string of the molecule is CCc1c(NCC(NC(=O)Nc2ccccc2[N+](=O)[O-])(C(=O)O)C(C)(C)C)ncnc1N1CCC(c2ccc3c(n2)NCCC3)CC1. The molecule has 14 nitrogen and oxygen atoms in total. The van der Waals surface area contributed by atoms with Crippen molar-refractivity contribution in [2.24, 2.45) is 5.41 Å². The number of carbonyl (C=O) groups is 2. The van der Waals surface area contributed by atoms with E-state index in [1.54, 1.807) is 26.8 Å². The van der Waals surface area contributed by atoms with Crippen LogP contribution in [0.1, 0.15) is 69.7 Å². The molecule has 0 radical (unpaired) electrons. The van der Waals surface area contributed by atoms with Gasteiger partial charge in [0.05, 0.1) is 11.5 Å². The molecule has 2 aliphatic rings. The van der Waals surface area contributed by atoms with Crippen molar-refractivity contribution in [2.75, 3.05) is 47.0 Å². The van der Waals surface area contributed by atoms with Crippen LogP contribution in [0.25, 0.3) is 0 Å². The van der Waals surface area contributed by atoms with Gasteiger partial charge in [0.2, 0.25) is 0 Å². The summed E-state index contributed by atoms with van der Waals surface area (Å²) in [7, 11) is 0. The summed E-state index contributed by atoms with van der Waals surface area (Å²) >= 11 is 0. The van der Waals surface area contributed by atoms with Gasteiger partial charge in [0.25, 0.3) is 5.69 Å². The van der Waals surface area contributed by atoms with Gasteiger partial charge in [-0.3, -0.25) is 10.1 Å². The molecule has 47 heavy (non-hydrogen) atoms. The van der Waals surface area contributed by atoms with E-state index in [9.17, 15) is 24.8 Å². The Morgan fingerprint density at radius 3 is 2.55 bits per heavy atom. The van der Waals surface area contributed by atoms with Crippen molar-refractivity contribution in [3.63, 3.8) is 0 Å². The maximum absolute atomic E-state index is 13.2. The number of nitro groups is 1. The molecule has 250 valence electrons. The lowest BCUT2D eigenvalue weighted by Gasteiger charge is -2.42. The third kappa shape index (κ3) is 7.05. The highest BCUT2D eigenvalue weighted by Crippen LogP contribution is 2.35. The normalized spacial score (nSPS) is 16.3. The number of aromatic nitrogens is 3. The monoisotopic (exact) mass is 645 g/mol. The second-order valence-corrected chi connectivity index (χ2v) is 13.1. The average molecular weight is 646 g/mol. The summed E-state index contributed by atoms with van der Waals surface area (Å²) in [5.74, 6) is 1.37. The van der Waals surface area contributed by atoms with Gasteiger partial charge < -0.3 is 31.3 Å². The van der Waals surface area contributed by atoms with Crippen LogP contribution >= 0.6 is 0 Å². The minimum atomic E-state index is -1.83. The van der Waals surface area contributed by atoms with E-state index in [0.717, 1.165) is 68.2 Å². The van der Waals surface area contributed by atoms with Gasteiger partial charge in [-0.2, -0.15) is 0 Å². The number of pyridine rings is 1. The zero-order chi connectivity index (χ0) is 33.8. The van der Waals surface area contributed by atoms with Gasteiger partial charge in [-0.1, -0.05) is 45.9 Å². The molecule has 1 fully saturated rings. The van der Waals surface area contributed by atoms with Crippen LogP contribution in [-0.2, 0) is 17.6 Å². The molecule has 0 aliphatic carbocycles. The number of carboxylic acid groups (broad SMARTS) is 1. The molecule has 4 heterocycles. The number of para-hydroxylation sites is 2. The van der Waals surface area contributed by atoms with Crippen molar-refractivity contribution in [1.29, 1.82) is 0 Å². The van der Waals surface area contributed by atoms with Gasteiger partial charge >= 0.3 is 12.0 Å². The Balaban J connectivity index is 1.31. The molecule has 5 N–H and O–H groups in total. The van der Waals surface area contributed by atoms with Crippen LogP contribution in [0, 0.1) is 15.5 Å². The first-order valence-corrected chi connectivity index (χ1v) is 16.1. The van der Waals surface area contributed by atoms with E-state index in [1.165, 1.54) is 30.1 Å². The van der Waals surface area contributed by atoms with Crippen LogP contribution < -0.4 is 26.2 Å². The van der Waals surface area contributed by atoms with E-state index in [1.807, 2.05) is 6.92 Å². The Hall–Kier alpha value is -5.01. The number of nitrogens with zero attached hydrogens (tertiary/aromatic N) is 5. The molecule has 2 amide bonds. The predicted octanol–water partition coefficient (Wildman–Crippen LogP) is 5.19. The number of nitrogens with one attached hydrogen (secondary N) is 4. The Labute approximate surface area is 273 Å². The quantitative estimate of drug-likeness (QED) is 0.144. The summed E-state index contributed by atoms with van der Waals surface area (Å²) in [5.41, 5.74) is 0.0672. The molecule has 2 aromatic heterocycles. The maximum atomic E-state index is 13.2. The minimum Gasteiger partial charge on any atom is -0.479 e. The van der Waals surface area contributed by atoms with Crippen molar-refractivity contribution in [1.82, 2.24) is 20.3 Å². The number of carbonyl (C=O) groups excluding carboxylic acids is 1. The summed E-state index contributed by atoms with van der Waals surface area (Å²) in [6.45, 7) is 9.43. The second-order valence-electron chi connectivity index (χ2n) is 13.1. The molecule has 0 bridgehead atoms. The molecule has 3 aromatic rings. The first kappa shape index (κ1) is 33.4.